The van der Waals surface area contributed by atoms with Crippen molar-refractivity contribution in [2.45, 2.75) is 6.54 Å². The molecule has 3 aromatic heterocycles. The van der Waals surface area contributed by atoms with Crippen LogP contribution in [0.15, 0.2) is 46.5 Å². The second kappa shape index (κ2) is 10.4. The van der Waals surface area contributed by atoms with Crippen LogP contribution < -0.4 is 10.2 Å². The Bertz CT molecular complexity index is 1310. The molecule has 0 spiro atoms. The molecule has 1 aromatic carbocycles. The van der Waals surface area contributed by atoms with E-state index in [1.165, 1.54) is 16.9 Å². The number of hydrogen-bond donors (Lipinski definition) is 2. The van der Waals surface area contributed by atoms with Crippen molar-refractivity contribution in [2.24, 2.45) is 0 Å². The highest BCUT2D eigenvalue weighted by atomic mass is 79.9. The van der Waals surface area contributed by atoms with E-state index in [1.807, 2.05) is 11.6 Å². The number of anilines is 2. The molecule has 9 nitrogen and oxygen atoms in total. The third-order valence-electron chi connectivity index (χ3n) is 5.88. The molecule has 0 bridgehead atoms. The predicted octanol–water partition coefficient (Wildman–Crippen LogP) is 3.67. The monoisotopic (exact) mass is 554 g/mol. The summed E-state index contributed by atoms with van der Waals surface area (Å²) in [6.07, 6.45) is 3.52. The Balaban J connectivity index is 1.31. The van der Waals surface area contributed by atoms with Gasteiger partial charge in [-0.3, -0.25) is 9.69 Å². The lowest BCUT2D eigenvalue weighted by Crippen LogP contribution is -2.48. The fraction of sp³-hybridized carbons (Fsp3) is 0.333. The van der Waals surface area contributed by atoms with Crippen LogP contribution in [0, 0.1) is 0 Å². The molecule has 1 aliphatic heterocycles. The molecule has 0 radical (unpaired) electrons. The third-order valence-corrected chi connectivity index (χ3v) is 7.14. The smallest absolute Gasteiger partial charge is 0.240 e. The Morgan fingerprint density at radius 3 is 2.80 bits per heavy atom. The minimum atomic E-state index is -0.0330. The van der Waals surface area contributed by atoms with Gasteiger partial charge in [0, 0.05) is 56.1 Å². The van der Waals surface area contributed by atoms with Gasteiger partial charge in [-0.1, -0.05) is 18.2 Å². The van der Waals surface area contributed by atoms with Gasteiger partial charge < -0.3 is 20.1 Å². The summed E-state index contributed by atoms with van der Waals surface area (Å²) in [4.78, 5) is 36.0. The molecular formula is C24H27BrN8OS. The number of piperazine rings is 1. The van der Waals surface area contributed by atoms with Crippen LogP contribution in [0.5, 0.6) is 0 Å². The Morgan fingerprint density at radius 2 is 2.06 bits per heavy atom. The average molecular weight is 556 g/mol. The van der Waals surface area contributed by atoms with Crippen molar-refractivity contribution in [1.82, 2.24) is 29.7 Å². The SMILES string of the molecule is CN(C)Cc1cccc(-c2nc3c(N4CCN(CC(=O)Nc5nccs5)CC4)c(Br)cnc3[nH]2)c1. The summed E-state index contributed by atoms with van der Waals surface area (Å²) in [5, 5.41) is 5.35. The number of hydrogen-bond acceptors (Lipinski definition) is 8. The highest BCUT2D eigenvalue weighted by Gasteiger charge is 2.24. The molecule has 1 fully saturated rings. The van der Waals surface area contributed by atoms with Gasteiger partial charge in [-0.2, -0.15) is 0 Å². The van der Waals surface area contributed by atoms with Crippen molar-refractivity contribution in [1.29, 1.82) is 0 Å². The molecular weight excluding hydrogens is 528 g/mol. The summed E-state index contributed by atoms with van der Waals surface area (Å²) in [6.45, 7) is 4.38. The zero-order valence-corrected chi connectivity index (χ0v) is 22.1. The Morgan fingerprint density at radius 1 is 1.23 bits per heavy atom. The number of nitrogens with one attached hydrogen (secondary N) is 2. The number of halogens is 1. The zero-order valence-electron chi connectivity index (χ0n) is 19.7. The second-order valence-corrected chi connectivity index (χ2v) is 10.6. The minimum absolute atomic E-state index is 0.0330. The van der Waals surface area contributed by atoms with Crippen molar-refractivity contribution >= 4 is 55.2 Å². The maximum atomic E-state index is 12.3. The van der Waals surface area contributed by atoms with E-state index in [0.29, 0.717) is 11.7 Å². The largest absolute Gasteiger partial charge is 0.366 e. The molecule has 4 heterocycles. The molecule has 0 aliphatic carbocycles. The predicted molar refractivity (Wildman–Crippen MR) is 144 cm³/mol. The summed E-state index contributed by atoms with van der Waals surface area (Å²) in [5.74, 6) is 0.777. The van der Waals surface area contributed by atoms with E-state index in [4.69, 9.17) is 4.98 Å². The molecule has 182 valence electrons. The van der Waals surface area contributed by atoms with Crippen molar-refractivity contribution in [3.05, 3.63) is 52.1 Å². The number of carbonyl (C=O) groups excluding carboxylic acids is 1. The molecule has 11 heteroatoms. The van der Waals surface area contributed by atoms with Crippen LogP contribution in [0.1, 0.15) is 5.56 Å². The summed E-state index contributed by atoms with van der Waals surface area (Å²) in [7, 11) is 4.13. The number of pyridine rings is 1. The normalized spacial score (nSPS) is 14.7. The van der Waals surface area contributed by atoms with Gasteiger partial charge in [0.15, 0.2) is 10.8 Å². The lowest BCUT2D eigenvalue weighted by atomic mass is 10.1. The molecule has 35 heavy (non-hydrogen) atoms. The number of imidazole rings is 1. The van der Waals surface area contributed by atoms with Crippen LogP contribution in [0.4, 0.5) is 10.8 Å². The quantitative estimate of drug-likeness (QED) is 0.360. The lowest BCUT2D eigenvalue weighted by molar-refractivity contribution is -0.117. The first kappa shape index (κ1) is 23.9. The summed E-state index contributed by atoms with van der Waals surface area (Å²) in [6, 6.07) is 8.43. The van der Waals surface area contributed by atoms with Crippen LogP contribution in [0.2, 0.25) is 0 Å². The summed E-state index contributed by atoms with van der Waals surface area (Å²) >= 11 is 5.12. The average Bonchev–Trinajstić information content (AvgIpc) is 3.49. The van der Waals surface area contributed by atoms with Gasteiger partial charge in [0.2, 0.25) is 5.91 Å². The number of nitrogens with zero attached hydrogens (tertiary/aromatic N) is 6. The Labute approximate surface area is 216 Å². The van der Waals surface area contributed by atoms with E-state index < -0.39 is 0 Å². The van der Waals surface area contributed by atoms with E-state index in [2.05, 4.69) is 89.3 Å². The van der Waals surface area contributed by atoms with Crippen LogP contribution in [0.3, 0.4) is 0 Å². The van der Waals surface area contributed by atoms with Crippen LogP contribution in [0.25, 0.3) is 22.6 Å². The van der Waals surface area contributed by atoms with Gasteiger partial charge in [-0.25, -0.2) is 15.0 Å². The van der Waals surface area contributed by atoms with Gasteiger partial charge in [-0.15, -0.1) is 11.3 Å². The van der Waals surface area contributed by atoms with E-state index in [9.17, 15) is 4.79 Å². The lowest BCUT2D eigenvalue weighted by Gasteiger charge is -2.36. The van der Waals surface area contributed by atoms with Crippen molar-refractivity contribution in [3.8, 4) is 11.4 Å². The first-order chi connectivity index (χ1) is 17.0. The number of H-pyrrole nitrogens is 1. The van der Waals surface area contributed by atoms with Crippen molar-refractivity contribution in [3.63, 3.8) is 0 Å². The molecule has 0 atom stereocenters. The van der Waals surface area contributed by atoms with Gasteiger partial charge in [0.1, 0.15) is 11.3 Å². The summed E-state index contributed by atoms with van der Waals surface area (Å²) in [5.41, 5.74) is 4.93. The van der Waals surface area contributed by atoms with Crippen molar-refractivity contribution < 1.29 is 4.79 Å². The summed E-state index contributed by atoms with van der Waals surface area (Å²) < 4.78 is 0.916. The van der Waals surface area contributed by atoms with Crippen LogP contribution in [-0.4, -0.2) is 82.5 Å². The van der Waals surface area contributed by atoms with Gasteiger partial charge >= 0.3 is 0 Å². The number of thiazole rings is 1. The minimum Gasteiger partial charge on any atom is -0.366 e. The van der Waals surface area contributed by atoms with E-state index in [1.54, 1.807) is 6.20 Å². The van der Waals surface area contributed by atoms with Crippen LogP contribution >= 0.6 is 27.3 Å². The van der Waals surface area contributed by atoms with E-state index >= 15 is 0 Å². The highest BCUT2D eigenvalue weighted by Crippen LogP contribution is 2.34. The number of fused-ring (bicyclic) bond motifs is 1. The fourth-order valence-electron chi connectivity index (χ4n) is 4.31. The second-order valence-electron chi connectivity index (χ2n) is 8.82. The number of aromatic amines is 1. The molecule has 4 aromatic rings. The maximum Gasteiger partial charge on any atom is 0.240 e. The first-order valence-electron chi connectivity index (χ1n) is 11.4. The number of amides is 1. The number of benzene rings is 1. The number of aromatic nitrogens is 4. The van der Waals surface area contributed by atoms with E-state index in [0.717, 1.165) is 65.4 Å². The van der Waals surface area contributed by atoms with Gasteiger partial charge in [0.25, 0.3) is 0 Å². The third kappa shape index (κ3) is 5.53. The molecule has 0 saturated carbocycles. The first-order valence-corrected chi connectivity index (χ1v) is 13.1. The molecule has 1 amide bonds. The van der Waals surface area contributed by atoms with Crippen LogP contribution in [-0.2, 0) is 11.3 Å². The standard InChI is InChI=1S/C24H27BrN8OS/c1-31(2)14-16-4-3-5-17(12-16)22-29-20-21(18(25)13-27-23(20)30-22)33-9-7-32(8-10-33)15-19(34)28-24-26-6-11-35-24/h3-6,11-13H,7-10,14-15H2,1-2H3,(H,26,28,34)(H,27,29,30). The van der Waals surface area contributed by atoms with E-state index in [-0.39, 0.29) is 5.91 Å². The molecule has 5 rings (SSSR count). The Hall–Kier alpha value is -2.86. The number of rotatable bonds is 7. The number of carbonyl (C=O) groups is 1. The Kier molecular flexibility index (Phi) is 7.09. The molecule has 1 saturated heterocycles. The molecule has 0 unspecified atom stereocenters. The van der Waals surface area contributed by atoms with Gasteiger partial charge in [-0.05, 0) is 41.7 Å². The maximum absolute atomic E-state index is 12.3. The highest BCUT2D eigenvalue weighted by molar-refractivity contribution is 9.10. The van der Waals surface area contributed by atoms with Crippen molar-refractivity contribution in [2.75, 3.05) is 57.0 Å². The fourth-order valence-corrected chi connectivity index (χ4v) is 5.40. The molecule has 1 aliphatic rings. The van der Waals surface area contributed by atoms with Gasteiger partial charge in [0.05, 0.1) is 16.7 Å². The topological polar surface area (TPSA) is 93.3 Å². The molecule has 2 N–H and O–H groups in total. The zero-order chi connectivity index (χ0) is 24.4.